The van der Waals surface area contributed by atoms with Gasteiger partial charge in [0.05, 0.1) is 6.10 Å². The van der Waals surface area contributed by atoms with Crippen LogP contribution in [-0.4, -0.2) is 25.8 Å². The Balaban J connectivity index is 1.99. The van der Waals surface area contributed by atoms with Crippen molar-refractivity contribution in [3.63, 3.8) is 0 Å². The van der Waals surface area contributed by atoms with E-state index in [9.17, 15) is 0 Å². The van der Waals surface area contributed by atoms with Gasteiger partial charge in [0.1, 0.15) is 0 Å². The van der Waals surface area contributed by atoms with Crippen LogP contribution in [0.3, 0.4) is 0 Å². The predicted octanol–water partition coefficient (Wildman–Crippen LogP) is 4.24. The Morgan fingerprint density at radius 3 is 2.40 bits per heavy atom. The SMILES string of the molecule is CCCNC(CC1CC2CCC1C2)C(OC)C(C)(C)C. The largest absolute Gasteiger partial charge is 0.379 e. The minimum Gasteiger partial charge on any atom is -0.379 e. The molecule has 0 saturated heterocycles. The lowest BCUT2D eigenvalue weighted by molar-refractivity contribution is -0.0188. The molecular weight excluding hydrogens is 246 g/mol. The highest BCUT2D eigenvalue weighted by atomic mass is 16.5. The smallest absolute Gasteiger partial charge is 0.0772 e. The quantitative estimate of drug-likeness (QED) is 0.753. The van der Waals surface area contributed by atoms with Crippen molar-refractivity contribution in [3.8, 4) is 0 Å². The third-order valence-corrected chi connectivity index (χ3v) is 5.57. The number of nitrogens with one attached hydrogen (secondary N) is 1. The number of methoxy groups -OCH3 is 1. The molecule has 0 aliphatic heterocycles. The van der Waals surface area contributed by atoms with Gasteiger partial charge >= 0.3 is 0 Å². The Hall–Kier alpha value is -0.0800. The predicted molar refractivity (Wildman–Crippen MR) is 85.9 cm³/mol. The molecule has 0 aromatic carbocycles. The van der Waals surface area contributed by atoms with Crippen LogP contribution in [0.2, 0.25) is 0 Å². The third kappa shape index (κ3) is 3.76. The molecule has 5 unspecified atom stereocenters. The first-order valence-corrected chi connectivity index (χ1v) is 8.71. The Morgan fingerprint density at radius 2 is 1.95 bits per heavy atom. The van der Waals surface area contributed by atoms with Gasteiger partial charge in [0.15, 0.2) is 0 Å². The first-order chi connectivity index (χ1) is 9.45. The first-order valence-electron chi connectivity index (χ1n) is 8.71. The molecule has 0 radical (unpaired) electrons. The Labute approximate surface area is 126 Å². The Morgan fingerprint density at radius 1 is 1.20 bits per heavy atom. The van der Waals surface area contributed by atoms with E-state index in [1.807, 2.05) is 7.11 Å². The van der Waals surface area contributed by atoms with Gasteiger partial charge in [-0.3, -0.25) is 0 Å². The van der Waals surface area contributed by atoms with Crippen LogP contribution >= 0.6 is 0 Å². The number of fused-ring (bicyclic) bond motifs is 2. The summed E-state index contributed by atoms with van der Waals surface area (Å²) in [7, 11) is 1.89. The van der Waals surface area contributed by atoms with Gasteiger partial charge in [-0.15, -0.1) is 0 Å². The van der Waals surface area contributed by atoms with Crippen LogP contribution in [0.1, 0.15) is 66.2 Å². The molecule has 2 rings (SSSR count). The maximum Gasteiger partial charge on any atom is 0.0772 e. The molecular formula is C18H35NO. The first kappa shape index (κ1) is 16.3. The molecule has 0 amide bonds. The highest BCUT2D eigenvalue weighted by Gasteiger charge is 2.42. The van der Waals surface area contributed by atoms with Crippen molar-refractivity contribution in [2.75, 3.05) is 13.7 Å². The summed E-state index contributed by atoms with van der Waals surface area (Å²) >= 11 is 0. The van der Waals surface area contributed by atoms with E-state index in [0.29, 0.717) is 12.1 Å². The average Bonchev–Trinajstić information content (AvgIpc) is 2.97. The van der Waals surface area contributed by atoms with Gasteiger partial charge < -0.3 is 10.1 Å². The third-order valence-electron chi connectivity index (χ3n) is 5.57. The van der Waals surface area contributed by atoms with Gasteiger partial charge in [0.25, 0.3) is 0 Å². The lowest BCUT2D eigenvalue weighted by atomic mass is 9.77. The van der Waals surface area contributed by atoms with Crippen molar-refractivity contribution in [2.24, 2.45) is 23.2 Å². The van der Waals surface area contributed by atoms with Gasteiger partial charge in [0.2, 0.25) is 0 Å². The van der Waals surface area contributed by atoms with Crippen LogP contribution in [-0.2, 0) is 4.74 Å². The van der Waals surface area contributed by atoms with Crippen LogP contribution in [0.15, 0.2) is 0 Å². The fourth-order valence-corrected chi connectivity index (χ4v) is 4.76. The van der Waals surface area contributed by atoms with E-state index in [1.54, 1.807) is 0 Å². The molecule has 20 heavy (non-hydrogen) atoms. The van der Waals surface area contributed by atoms with Crippen molar-refractivity contribution in [1.82, 2.24) is 5.32 Å². The van der Waals surface area contributed by atoms with Gasteiger partial charge in [-0.05, 0) is 61.8 Å². The molecule has 2 nitrogen and oxygen atoms in total. The van der Waals surface area contributed by atoms with Crippen molar-refractivity contribution >= 4 is 0 Å². The summed E-state index contributed by atoms with van der Waals surface area (Å²) in [4.78, 5) is 0. The highest BCUT2D eigenvalue weighted by Crippen LogP contribution is 2.50. The summed E-state index contributed by atoms with van der Waals surface area (Å²) in [6, 6.07) is 0.518. The molecule has 0 aromatic heterocycles. The molecule has 0 spiro atoms. The molecule has 1 N–H and O–H groups in total. The van der Waals surface area contributed by atoms with Gasteiger partial charge in [-0.1, -0.05) is 34.1 Å². The van der Waals surface area contributed by atoms with E-state index in [-0.39, 0.29) is 5.41 Å². The topological polar surface area (TPSA) is 21.3 Å². The van der Waals surface area contributed by atoms with Crippen LogP contribution in [0.5, 0.6) is 0 Å². The van der Waals surface area contributed by atoms with E-state index in [4.69, 9.17) is 4.74 Å². The monoisotopic (exact) mass is 281 g/mol. The van der Waals surface area contributed by atoms with Gasteiger partial charge in [-0.25, -0.2) is 0 Å². The Bertz CT molecular complexity index is 296. The second-order valence-corrected chi connectivity index (χ2v) is 8.25. The second-order valence-electron chi connectivity index (χ2n) is 8.25. The molecule has 5 atom stereocenters. The summed E-state index contributed by atoms with van der Waals surface area (Å²) in [5.41, 5.74) is 0.206. The van der Waals surface area contributed by atoms with E-state index in [2.05, 4.69) is 33.0 Å². The van der Waals surface area contributed by atoms with Crippen LogP contribution in [0.4, 0.5) is 0 Å². The number of hydrogen-bond acceptors (Lipinski definition) is 2. The molecule has 2 heteroatoms. The minimum absolute atomic E-state index is 0.206. The lowest BCUT2D eigenvalue weighted by Gasteiger charge is -2.39. The van der Waals surface area contributed by atoms with Crippen LogP contribution in [0.25, 0.3) is 0 Å². The second kappa shape index (κ2) is 6.79. The molecule has 0 heterocycles. The van der Waals surface area contributed by atoms with Crippen molar-refractivity contribution in [3.05, 3.63) is 0 Å². The Kier molecular flexibility index (Phi) is 5.53. The van der Waals surface area contributed by atoms with Crippen molar-refractivity contribution in [2.45, 2.75) is 78.4 Å². The van der Waals surface area contributed by atoms with Gasteiger partial charge in [-0.2, -0.15) is 0 Å². The summed E-state index contributed by atoms with van der Waals surface area (Å²) in [5, 5.41) is 3.79. The number of rotatable bonds is 7. The van der Waals surface area contributed by atoms with E-state index >= 15 is 0 Å². The zero-order valence-electron chi connectivity index (χ0n) is 14.2. The number of ether oxygens (including phenoxy) is 1. The molecule has 0 aromatic rings. The van der Waals surface area contributed by atoms with Crippen LogP contribution < -0.4 is 5.32 Å². The average molecular weight is 281 g/mol. The fourth-order valence-electron chi connectivity index (χ4n) is 4.76. The molecule has 2 aliphatic carbocycles. The summed E-state index contributed by atoms with van der Waals surface area (Å²) < 4.78 is 5.90. The van der Waals surface area contributed by atoms with Crippen molar-refractivity contribution in [1.29, 1.82) is 0 Å². The summed E-state index contributed by atoms with van der Waals surface area (Å²) in [6.07, 6.45) is 8.82. The molecule has 118 valence electrons. The lowest BCUT2D eigenvalue weighted by Crippen LogP contribution is -2.49. The molecule has 2 aliphatic rings. The maximum absolute atomic E-state index is 5.90. The molecule has 2 saturated carbocycles. The normalized spacial score (nSPS) is 32.5. The summed E-state index contributed by atoms with van der Waals surface area (Å²) in [6.45, 7) is 10.3. The van der Waals surface area contributed by atoms with Gasteiger partial charge in [0, 0.05) is 13.2 Å². The van der Waals surface area contributed by atoms with Crippen LogP contribution in [0, 0.1) is 23.2 Å². The molecule has 2 fully saturated rings. The zero-order chi connectivity index (χ0) is 14.8. The van der Waals surface area contributed by atoms with E-state index in [0.717, 1.165) is 24.3 Å². The van der Waals surface area contributed by atoms with E-state index in [1.165, 1.54) is 38.5 Å². The summed E-state index contributed by atoms with van der Waals surface area (Å²) in [5.74, 6) is 3.01. The standard InChI is InChI=1S/C18H35NO/c1-6-9-19-16(17(20-5)18(2,3)4)12-15-11-13-7-8-14(15)10-13/h13-17,19H,6-12H2,1-5H3. The maximum atomic E-state index is 5.90. The molecule has 2 bridgehead atoms. The van der Waals surface area contributed by atoms with E-state index < -0.39 is 0 Å². The van der Waals surface area contributed by atoms with Crippen molar-refractivity contribution < 1.29 is 4.74 Å². The minimum atomic E-state index is 0.206. The highest BCUT2D eigenvalue weighted by molar-refractivity contribution is 4.95. The zero-order valence-corrected chi connectivity index (χ0v) is 14.2. The fraction of sp³-hybridized carbons (Fsp3) is 1.00. The number of hydrogen-bond donors (Lipinski definition) is 1.